The van der Waals surface area contributed by atoms with Crippen molar-refractivity contribution < 1.29 is 0 Å². The minimum absolute atomic E-state index is 0.535. The number of nitrogens with zero attached hydrogens (tertiary/aromatic N) is 4. The molecule has 1 aliphatic rings. The van der Waals surface area contributed by atoms with Crippen molar-refractivity contribution in [2.24, 2.45) is 0 Å². The molecule has 1 saturated heterocycles. The summed E-state index contributed by atoms with van der Waals surface area (Å²) in [6.45, 7) is 2.26. The van der Waals surface area contributed by atoms with Gasteiger partial charge in [0.15, 0.2) is 0 Å². The molecule has 0 bridgehead atoms. The van der Waals surface area contributed by atoms with Crippen LogP contribution in [0.15, 0.2) is 18.3 Å². The van der Waals surface area contributed by atoms with E-state index in [1.165, 1.54) is 0 Å². The first-order valence-corrected chi connectivity index (χ1v) is 5.98. The molecule has 1 aromatic heterocycles. The van der Waals surface area contributed by atoms with E-state index in [1.807, 2.05) is 6.07 Å². The molecule has 0 radical (unpaired) electrons. The van der Waals surface area contributed by atoms with Crippen LogP contribution in [0.1, 0.15) is 18.4 Å². The lowest BCUT2D eigenvalue weighted by atomic mass is 10.0. The van der Waals surface area contributed by atoms with Gasteiger partial charge in [-0.2, -0.15) is 5.26 Å². The van der Waals surface area contributed by atoms with E-state index in [-0.39, 0.29) is 0 Å². The molecule has 1 aliphatic heterocycles. The standard InChI is InChI=1S/C13H18N4/c1-16-7-4-12(5-8-16)17(2)13-9-11(10-14)3-6-15-13/h3,6,9,12H,4-5,7-8H2,1-2H3. The van der Waals surface area contributed by atoms with Crippen molar-refractivity contribution in [3.05, 3.63) is 23.9 Å². The first kappa shape index (κ1) is 11.9. The average molecular weight is 230 g/mol. The number of hydrogen-bond acceptors (Lipinski definition) is 4. The van der Waals surface area contributed by atoms with Gasteiger partial charge in [0.1, 0.15) is 5.82 Å². The summed E-state index contributed by atoms with van der Waals surface area (Å²) in [5.41, 5.74) is 0.676. The van der Waals surface area contributed by atoms with Crippen molar-refractivity contribution in [3.8, 4) is 6.07 Å². The molecule has 0 saturated carbocycles. The van der Waals surface area contributed by atoms with Gasteiger partial charge in [-0.25, -0.2) is 4.98 Å². The zero-order chi connectivity index (χ0) is 12.3. The Bertz CT molecular complexity index is 416. The minimum atomic E-state index is 0.535. The van der Waals surface area contributed by atoms with Gasteiger partial charge < -0.3 is 9.80 Å². The van der Waals surface area contributed by atoms with Crippen LogP contribution in [-0.4, -0.2) is 43.1 Å². The Kier molecular flexibility index (Phi) is 3.60. The summed E-state index contributed by atoms with van der Waals surface area (Å²) >= 11 is 0. The van der Waals surface area contributed by atoms with Gasteiger partial charge >= 0.3 is 0 Å². The maximum Gasteiger partial charge on any atom is 0.129 e. The lowest BCUT2D eigenvalue weighted by molar-refractivity contribution is 0.252. The molecule has 17 heavy (non-hydrogen) atoms. The van der Waals surface area contributed by atoms with Crippen molar-refractivity contribution >= 4 is 5.82 Å². The van der Waals surface area contributed by atoms with Crippen LogP contribution in [0.4, 0.5) is 5.82 Å². The van der Waals surface area contributed by atoms with Crippen LogP contribution in [0.25, 0.3) is 0 Å². The number of rotatable bonds is 2. The number of anilines is 1. The average Bonchev–Trinajstić information content (AvgIpc) is 2.39. The molecule has 0 atom stereocenters. The van der Waals surface area contributed by atoms with Gasteiger partial charge in [-0.05, 0) is 45.1 Å². The van der Waals surface area contributed by atoms with Gasteiger partial charge in [0.2, 0.25) is 0 Å². The highest BCUT2D eigenvalue weighted by Crippen LogP contribution is 2.20. The Morgan fingerprint density at radius 3 is 2.82 bits per heavy atom. The highest BCUT2D eigenvalue weighted by molar-refractivity contribution is 5.45. The van der Waals surface area contributed by atoms with Crippen LogP contribution in [0.3, 0.4) is 0 Å². The Labute approximate surface area is 102 Å². The topological polar surface area (TPSA) is 43.2 Å². The van der Waals surface area contributed by atoms with Crippen LogP contribution in [0.2, 0.25) is 0 Å². The second-order valence-electron chi connectivity index (χ2n) is 4.66. The van der Waals surface area contributed by atoms with E-state index < -0.39 is 0 Å². The highest BCUT2D eigenvalue weighted by atomic mass is 15.2. The van der Waals surface area contributed by atoms with E-state index in [4.69, 9.17) is 5.26 Å². The number of pyridine rings is 1. The summed E-state index contributed by atoms with van der Waals surface area (Å²) in [4.78, 5) is 8.90. The van der Waals surface area contributed by atoms with Crippen molar-refractivity contribution in [1.29, 1.82) is 5.26 Å². The lowest BCUT2D eigenvalue weighted by Gasteiger charge is -2.35. The Morgan fingerprint density at radius 1 is 1.47 bits per heavy atom. The summed E-state index contributed by atoms with van der Waals surface area (Å²) in [5.74, 6) is 0.901. The fourth-order valence-corrected chi connectivity index (χ4v) is 2.25. The maximum absolute atomic E-state index is 8.89. The Balaban J connectivity index is 2.08. The number of likely N-dealkylation sites (tertiary alicyclic amines) is 1. The SMILES string of the molecule is CN1CCC(N(C)c2cc(C#N)ccn2)CC1. The number of piperidine rings is 1. The monoisotopic (exact) mass is 230 g/mol. The lowest BCUT2D eigenvalue weighted by Crippen LogP contribution is -2.42. The van der Waals surface area contributed by atoms with Crippen molar-refractivity contribution in [1.82, 2.24) is 9.88 Å². The third-order valence-electron chi connectivity index (χ3n) is 3.47. The molecule has 90 valence electrons. The fourth-order valence-electron chi connectivity index (χ4n) is 2.25. The van der Waals surface area contributed by atoms with Crippen molar-refractivity contribution in [2.45, 2.75) is 18.9 Å². The molecule has 1 aromatic rings. The first-order chi connectivity index (χ1) is 8.20. The normalized spacial score (nSPS) is 17.7. The Morgan fingerprint density at radius 2 is 2.18 bits per heavy atom. The smallest absolute Gasteiger partial charge is 0.129 e. The maximum atomic E-state index is 8.89. The van der Waals surface area contributed by atoms with Gasteiger partial charge in [0.05, 0.1) is 11.6 Å². The van der Waals surface area contributed by atoms with E-state index >= 15 is 0 Å². The minimum Gasteiger partial charge on any atom is -0.357 e. The molecule has 0 amide bonds. The molecule has 4 nitrogen and oxygen atoms in total. The van der Waals surface area contributed by atoms with Gasteiger partial charge in [0.25, 0.3) is 0 Å². The van der Waals surface area contributed by atoms with Crippen molar-refractivity contribution in [2.75, 3.05) is 32.1 Å². The summed E-state index contributed by atoms with van der Waals surface area (Å²) < 4.78 is 0. The molecule has 0 N–H and O–H groups in total. The summed E-state index contributed by atoms with van der Waals surface area (Å²) in [6.07, 6.45) is 4.02. The van der Waals surface area contributed by atoms with Gasteiger partial charge in [0, 0.05) is 19.3 Å². The third-order valence-corrected chi connectivity index (χ3v) is 3.47. The van der Waals surface area contributed by atoms with Crippen LogP contribution in [-0.2, 0) is 0 Å². The van der Waals surface area contributed by atoms with Crippen LogP contribution in [0.5, 0.6) is 0 Å². The second-order valence-corrected chi connectivity index (χ2v) is 4.66. The van der Waals surface area contributed by atoms with Crippen LogP contribution >= 0.6 is 0 Å². The number of hydrogen-bond donors (Lipinski definition) is 0. The summed E-state index contributed by atoms with van der Waals surface area (Å²) in [5, 5.41) is 8.89. The third kappa shape index (κ3) is 2.75. The summed E-state index contributed by atoms with van der Waals surface area (Å²) in [7, 11) is 4.23. The molecule has 0 spiro atoms. The molecule has 1 fully saturated rings. The largest absolute Gasteiger partial charge is 0.357 e. The van der Waals surface area contributed by atoms with Crippen molar-refractivity contribution in [3.63, 3.8) is 0 Å². The quantitative estimate of drug-likeness (QED) is 0.772. The van der Waals surface area contributed by atoms with E-state index in [2.05, 4.69) is 34.9 Å². The number of aromatic nitrogens is 1. The molecule has 2 heterocycles. The molecule has 4 heteroatoms. The molecule has 2 rings (SSSR count). The second kappa shape index (κ2) is 5.15. The van der Waals surface area contributed by atoms with Gasteiger partial charge in [-0.3, -0.25) is 0 Å². The van der Waals surface area contributed by atoms with E-state index in [0.717, 1.165) is 31.7 Å². The first-order valence-electron chi connectivity index (χ1n) is 5.98. The van der Waals surface area contributed by atoms with Crippen LogP contribution in [0, 0.1) is 11.3 Å². The zero-order valence-corrected chi connectivity index (χ0v) is 10.4. The van der Waals surface area contributed by atoms with E-state index in [0.29, 0.717) is 11.6 Å². The zero-order valence-electron chi connectivity index (χ0n) is 10.4. The highest BCUT2D eigenvalue weighted by Gasteiger charge is 2.21. The molecular formula is C13H18N4. The summed E-state index contributed by atoms with van der Waals surface area (Å²) in [6, 6.07) is 6.29. The molecule has 0 unspecified atom stereocenters. The van der Waals surface area contributed by atoms with Gasteiger partial charge in [-0.1, -0.05) is 0 Å². The van der Waals surface area contributed by atoms with E-state index in [1.54, 1.807) is 12.3 Å². The fraction of sp³-hybridized carbons (Fsp3) is 0.538. The van der Waals surface area contributed by atoms with Gasteiger partial charge in [-0.15, -0.1) is 0 Å². The number of nitriles is 1. The predicted octanol–water partition coefficient (Wildman–Crippen LogP) is 1.48. The molecule has 0 aliphatic carbocycles. The predicted molar refractivity (Wildman–Crippen MR) is 67.9 cm³/mol. The van der Waals surface area contributed by atoms with Crippen LogP contribution < -0.4 is 4.90 Å². The Hall–Kier alpha value is -1.60. The van der Waals surface area contributed by atoms with E-state index in [9.17, 15) is 0 Å². The molecular weight excluding hydrogens is 212 g/mol. The molecule has 0 aromatic carbocycles.